The monoisotopic (exact) mass is 332 g/mol. The molecule has 0 aromatic heterocycles. The van der Waals surface area contributed by atoms with E-state index >= 15 is 0 Å². The number of imide groups is 1. The second-order valence-corrected chi connectivity index (χ2v) is 5.86. The van der Waals surface area contributed by atoms with Gasteiger partial charge < -0.3 is 14.8 Å². The van der Waals surface area contributed by atoms with Crippen LogP contribution in [0.15, 0.2) is 18.2 Å². The lowest BCUT2D eigenvalue weighted by atomic mass is 10.1. The number of nitrogens with one attached hydrogen (secondary N) is 1. The predicted molar refractivity (Wildman–Crippen MR) is 85.0 cm³/mol. The first-order valence-corrected chi connectivity index (χ1v) is 8.01. The van der Waals surface area contributed by atoms with Crippen molar-refractivity contribution in [3.63, 3.8) is 0 Å². The standard InChI is InChI=1S/C17H20N2O5/c1-23-8-6-19-16(21)13-5-4-11(9-14(13)17(19)22)15(20)18-10-12-3-2-7-24-12/h4-5,9,12H,2-3,6-8,10H2,1H3,(H,18,20). The average molecular weight is 332 g/mol. The number of rotatable bonds is 6. The van der Waals surface area contributed by atoms with Gasteiger partial charge in [-0.25, -0.2) is 0 Å². The van der Waals surface area contributed by atoms with E-state index in [0.29, 0.717) is 17.7 Å². The zero-order chi connectivity index (χ0) is 17.1. The van der Waals surface area contributed by atoms with Gasteiger partial charge in [-0.3, -0.25) is 19.3 Å². The van der Waals surface area contributed by atoms with Crippen molar-refractivity contribution in [3.8, 4) is 0 Å². The maximum atomic E-state index is 12.4. The van der Waals surface area contributed by atoms with Crippen molar-refractivity contribution in [2.24, 2.45) is 0 Å². The van der Waals surface area contributed by atoms with Crippen LogP contribution in [0.2, 0.25) is 0 Å². The minimum Gasteiger partial charge on any atom is -0.383 e. The molecule has 128 valence electrons. The van der Waals surface area contributed by atoms with Gasteiger partial charge in [0.25, 0.3) is 17.7 Å². The Balaban J connectivity index is 1.70. The summed E-state index contributed by atoms with van der Waals surface area (Å²) in [6, 6.07) is 4.57. The van der Waals surface area contributed by atoms with E-state index in [4.69, 9.17) is 9.47 Å². The van der Waals surface area contributed by atoms with E-state index in [0.717, 1.165) is 24.3 Å². The van der Waals surface area contributed by atoms with Crippen LogP contribution in [0, 0.1) is 0 Å². The molecule has 3 amide bonds. The lowest BCUT2D eigenvalue weighted by molar-refractivity contribution is 0.0603. The first-order valence-electron chi connectivity index (χ1n) is 8.01. The highest BCUT2D eigenvalue weighted by atomic mass is 16.5. The van der Waals surface area contributed by atoms with Crippen LogP contribution in [0.5, 0.6) is 0 Å². The number of carbonyl (C=O) groups excluding carboxylic acids is 3. The van der Waals surface area contributed by atoms with Gasteiger partial charge in [0.15, 0.2) is 0 Å². The first-order chi connectivity index (χ1) is 11.6. The highest BCUT2D eigenvalue weighted by Gasteiger charge is 2.35. The number of benzene rings is 1. The van der Waals surface area contributed by atoms with Gasteiger partial charge in [-0.15, -0.1) is 0 Å². The molecule has 0 spiro atoms. The summed E-state index contributed by atoms with van der Waals surface area (Å²) in [7, 11) is 1.51. The fourth-order valence-corrected chi connectivity index (χ4v) is 2.93. The molecule has 24 heavy (non-hydrogen) atoms. The molecule has 3 rings (SSSR count). The van der Waals surface area contributed by atoms with Gasteiger partial charge >= 0.3 is 0 Å². The quantitative estimate of drug-likeness (QED) is 0.780. The second-order valence-electron chi connectivity index (χ2n) is 5.86. The van der Waals surface area contributed by atoms with E-state index in [1.807, 2.05) is 0 Å². The van der Waals surface area contributed by atoms with Crippen molar-refractivity contribution in [1.82, 2.24) is 10.2 Å². The highest BCUT2D eigenvalue weighted by molar-refractivity contribution is 6.22. The summed E-state index contributed by atoms with van der Waals surface area (Å²) in [5, 5.41) is 2.81. The minimum atomic E-state index is -0.388. The van der Waals surface area contributed by atoms with Crippen molar-refractivity contribution in [2.75, 3.05) is 33.4 Å². The van der Waals surface area contributed by atoms with Crippen LogP contribution in [0.4, 0.5) is 0 Å². The Labute approximate surface area is 139 Å². The van der Waals surface area contributed by atoms with E-state index < -0.39 is 0 Å². The topological polar surface area (TPSA) is 84.9 Å². The molecule has 1 N–H and O–H groups in total. The molecular weight excluding hydrogens is 312 g/mol. The highest BCUT2D eigenvalue weighted by Crippen LogP contribution is 2.24. The van der Waals surface area contributed by atoms with Crippen molar-refractivity contribution in [1.29, 1.82) is 0 Å². The smallest absolute Gasteiger partial charge is 0.261 e. The molecule has 7 nitrogen and oxygen atoms in total. The molecule has 2 aliphatic heterocycles. The van der Waals surface area contributed by atoms with E-state index in [9.17, 15) is 14.4 Å². The second kappa shape index (κ2) is 7.11. The molecule has 1 atom stereocenters. The predicted octanol–water partition coefficient (Wildman–Crippen LogP) is 0.838. The Morgan fingerprint density at radius 2 is 2.12 bits per heavy atom. The largest absolute Gasteiger partial charge is 0.383 e. The van der Waals surface area contributed by atoms with Gasteiger partial charge in [-0.1, -0.05) is 0 Å². The van der Waals surface area contributed by atoms with E-state index in [-0.39, 0.29) is 42.5 Å². The van der Waals surface area contributed by atoms with Crippen molar-refractivity contribution in [3.05, 3.63) is 34.9 Å². The molecule has 7 heteroatoms. The van der Waals surface area contributed by atoms with Gasteiger partial charge in [-0.05, 0) is 31.0 Å². The molecule has 2 heterocycles. The summed E-state index contributed by atoms with van der Waals surface area (Å²) >= 11 is 0. The number of carbonyl (C=O) groups is 3. The Bertz CT molecular complexity index is 667. The Hall–Kier alpha value is -2.25. The molecule has 2 aliphatic rings. The molecule has 1 unspecified atom stereocenters. The third-order valence-corrected chi connectivity index (χ3v) is 4.27. The van der Waals surface area contributed by atoms with Gasteiger partial charge in [0.1, 0.15) is 0 Å². The molecule has 0 radical (unpaired) electrons. The maximum Gasteiger partial charge on any atom is 0.261 e. The lowest BCUT2D eigenvalue weighted by Crippen LogP contribution is -2.32. The van der Waals surface area contributed by atoms with Gasteiger partial charge in [-0.2, -0.15) is 0 Å². The van der Waals surface area contributed by atoms with E-state index in [1.165, 1.54) is 19.2 Å². The molecule has 0 bridgehead atoms. The number of nitrogens with zero attached hydrogens (tertiary/aromatic N) is 1. The van der Waals surface area contributed by atoms with Crippen LogP contribution in [0.25, 0.3) is 0 Å². The van der Waals surface area contributed by atoms with Gasteiger partial charge in [0, 0.05) is 25.8 Å². The summed E-state index contributed by atoms with van der Waals surface area (Å²) < 4.78 is 10.4. The number of ether oxygens (including phenoxy) is 2. The third kappa shape index (κ3) is 3.18. The van der Waals surface area contributed by atoms with Crippen molar-refractivity contribution < 1.29 is 23.9 Å². The molecule has 0 aliphatic carbocycles. The molecular formula is C17H20N2O5. The van der Waals surface area contributed by atoms with Crippen molar-refractivity contribution >= 4 is 17.7 Å². The summed E-state index contributed by atoms with van der Waals surface area (Å²) in [5.74, 6) is -1.01. The molecule has 1 aromatic carbocycles. The zero-order valence-corrected chi connectivity index (χ0v) is 13.5. The van der Waals surface area contributed by atoms with Gasteiger partial charge in [0.2, 0.25) is 0 Å². The van der Waals surface area contributed by atoms with Crippen LogP contribution in [-0.2, 0) is 9.47 Å². The summed E-state index contributed by atoms with van der Waals surface area (Å²) in [4.78, 5) is 38.0. The Morgan fingerprint density at radius 3 is 2.83 bits per heavy atom. The number of amides is 3. The fourth-order valence-electron chi connectivity index (χ4n) is 2.93. The van der Waals surface area contributed by atoms with Gasteiger partial charge in [0.05, 0.1) is 30.4 Å². The normalized spacial score (nSPS) is 19.7. The van der Waals surface area contributed by atoms with E-state index in [2.05, 4.69) is 5.32 Å². The van der Waals surface area contributed by atoms with Crippen LogP contribution in [-0.4, -0.2) is 62.1 Å². The number of fused-ring (bicyclic) bond motifs is 1. The molecule has 0 saturated carbocycles. The van der Waals surface area contributed by atoms with Crippen molar-refractivity contribution in [2.45, 2.75) is 18.9 Å². The average Bonchev–Trinajstić information content (AvgIpc) is 3.19. The number of methoxy groups -OCH3 is 1. The van der Waals surface area contributed by atoms with Crippen LogP contribution in [0.1, 0.15) is 43.9 Å². The van der Waals surface area contributed by atoms with Crippen LogP contribution < -0.4 is 5.32 Å². The lowest BCUT2D eigenvalue weighted by Gasteiger charge is -2.12. The summed E-state index contributed by atoms with van der Waals surface area (Å²) in [6.07, 6.45) is 2.00. The summed E-state index contributed by atoms with van der Waals surface area (Å²) in [6.45, 7) is 1.65. The SMILES string of the molecule is COCCN1C(=O)c2ccc(C(=O)NCC3CCCO3)cc2C1=O. The Kier molecular flexibility index (Phi) is 4.92. The van der Waals surface area contributed by atoms with Crippen LogP contribution >= 0.6 is 0 Å². The minimum absolute atomic E-state index is 0.0520. The maximum absolute atomic E-state index is 12.4. The number of hydrogen-bond donors (Lipinski definition) is 1. The molecule has 1 aromatic rings. The fraction of sp³-hybridized carbons (Fsp3) is 0.471. The Morgan fingerprint density at radius 1 is 1.33 bits per heavy atom. The third-order valence-electron chi connectivity index (χ3n) is 4.27. The summed E-state index contributed by atoms with van der Waals surface area (Å²) in [5.41, 5.74) is 0.953. The zero-order valence-electron chi connectivity index (χ0n) is 13.5. The number of hydrogen-bond acceptors (Lipinski definition) is 5. The molecule has 1 fully saturated rings. The molecule has 1 saturated heterocycles. The van der Waals surface area contributed by atoms with E-state index in [1.54, 1.807) is 6.07 Å². The first kappa shape index (κ1) is 16.6. The van der Waals surface area contributed by atoms with Crippen LogP contribution in [0.3, 0.4) is 0 Å².